The predicted molar refractivity (Wildman–Crippen MR) is 76.5 cm³/mol. The first-order chi connectivity index (χ1) is 10.1. The van der Waals surface area contributed by atoms with Crippen molar-refractivity contribution in [3.05, 3.63) is 64.0 Å². The number of hydrogen-bond acceptors (Lipinski definition) is 5. The fourth-order valence-corrected chi connectivity index (χ4v) is 1.85. The van der Waals surface area contributed by atoms with Crippen LogP contribution in [0.2, 0.25) is 0 Å². The van der Waals surface area contributed by atoms with Crippen molar-refractivity contribution in [1.82, 2.24) is 4.98 Å². The third kappa shape index (κ3) is 3.75. The molecule has 0 aliphatic heterocycles. The quantitative estimate of drug-likeness (QED) is 0.624. The Morgan fingerprint density at radius 2 is 2.14 bits per heavy atom. The first-order valence-electron chi connectivity index (χ1n) is 6.23. The Bertz CT molecular complexity index is 659. The van der Waals surface area contributed by atoms with Crippen molar-refractivity contribution in [2.45, 2.75) is 6.42 Å². The van der Waals surface area contributed by atoms with Crippen LogP contribution in [0.4, 0.5) is 11.4 Å². The number of carbonyl (C=O) groups is 1. The van der Waals surface area contributed by atoms with E-state index in [1.807, 2.05) is 18.2 Å². The van der Waals surface area contributed by atoms with Gasteiger partial charge in [0.25, 0.3) is 5.69 Å². The second-order valence-electron chi connectivity index (χ2n) is 4.29. The van der Waals surface area contributed by atoms with Crippen LogP contribution in [0.1, 0.15) is 16.1 Å². The minimum atomic E-state index is -1.21. The average Bonchev–Trinajstić information content (AvgIpc) is 2.48. The van der Waals surface area contributed by atoms with Gasteiger partial charge in [-0.3, -0.25) is 15.1 Å². The molecule has 1 heterocycles. The highest BCUT2D eigenvalue weighted by atomic mass is 16.6. The van der Waals surface area contributed by atoms with Gasteiger partial charge in [-0.1, -0.05) is 6.07 Å². The number of anilines is 1. The Labute approximate surface area is 120 Å². The molecular weight excluding hydrogens is 274 g/mol. The molecule has 0 radical (unpaired) electrons. The van der Waals surface area contributed by atoms with Crippen LogP contribution in [0, 0.1) is 10.1 Å². The number of non-ortho nitro benzene ring substituents is 1. The number of pyridine rings is 1. The van der Waals surface area contributed by atoms with E-state index in [0.29, 0.717) is 18.7 Å². The summed E-state index contributed by atoms with van der Waals surface area (Å²) in [4.78, 5) is 25.4. The molecule has 0 atom stereocenters. The number of nitrogens with one attached hydrogen (secondary N) is 1. The number of hydrogen-bond donors (Lipinski definition) is 2. The van der Waals surface area contributed by atoms with Crippen molar-refractivity contribution in [2.24, 2.45) is 0 Å². The molecule has 0 aliphatic rings. The fourth-order valence-electron chi connectivity index (χ4n) is 1.85. The van der Waals surface area contributed by atoms with Gasteiger partial charge in [-0.15, -0.1) is 0 Å². The Balaban J connectivity index is 2.09. The molecule has 0 amide bonds. The molecule has 1 aromatic carbocycles. The maximum Gasteiger partial charge on any atom is 0.338 e. The SMILES string of the molecule is O=C(O)c1cc([N+](=O)[O-])ccc1NCCc1ccccn1. The Morgan fingerprint density at radius 1 is 1.33 bits per heavy atom. The minimum Gasteiger partial charge on any atom is -0.478 e. The number of nitro benzene ring substituents is 1. The molecule has 108 valence electrons. The number of aromatic nitrogens is 1. The van der Waals surface area contributed by atoms with Gasteiger partial charge < -0.3 is 10.4 Å². The highest BCUT2D eigenvalue weighted by Gasteiger charge is 2.15. The molecule has 0 unspecified atom stereocenters. The monoisotopic (exact) mass is 287 g/mol. The zero-order chi connectivity index (χ0) is 15.2. The molecule has 21 heavy (non-hydrogen) atoms. The van der Waals surface area contributed by atoms with Crippen molar-refractivity contribution >= 4 is 17.3 Å². The summed E-state index contributed by atoms with van der Waals surface area (Å²) in [6.07, 6.45) is 2.31. The highest BCUT2D eigenvalue weighted by molar-refractivity contribution is 5.95. The zero-order valence-electron chi connectivity index (χ0n) is 11.0. The molecule has 2 aromatic rings. The second-order valence-corrected chi connectivity index (χ2v) is 4.29. The van der Waals surface area contributed by atoms with E-state index in [1.54, 1.807) is 6.20 Å². The number of aromatic carboxylic acids is 1. The largest absolute Gasteiger partial charge is 0.478 e. The van der Waals surface area contributed by atoms with Gasteiger partial charge in [-0.05, 0) is 18.2 Å². The van der Waals surface area contributed by atoms with Gasteiger partial charge in [0, 0.05) is 42.7 Å². The number of benzene rings is 1. The first kappa shape index (κ1) is 14.4. The standard InChI is InChI=1S/C14H13N3O4/c18-14(19)12-9-11(17(20)21)4-5-13(12)16-8-6-10-3-1-2-7-15-10/h1-5,7,9,16H,6,8H2,(H,18,19). The molecule has 0 saturated heterocycles. The summed E-state index contributed by atoms with van der Waals surface area (Å²) in [5.41, 5.74) is 0.862. The van der Waals surface area contributed by atoms with E-state index in [1.165, 1.54) is 12.1 Å². The van der Waals surface area contributed by atoms with Crippen molar-refractivity contribution < 1.29 is 14.8 Å². The topological polar surface area (TPSA) is 105 Å². The van der Waals surface area contributed by atoms with E-state index in [-0.39, 0.29) is 11.3 Å². The summed E-state index contributed by atoms with van der Waals surface area (Å²) in [5.74, 6) is -1.21. The van der Waals surface area contributed by atoms with Crippen LogP contribution in [-0.4, -0.2) is 27.5 Å². The fraction of sp³-hybridized carbons (Fsp3) is 0.143. The summed E-state index contributed by atoms with van der Waals surface area (Å²) in [6.45, 7) is 0.481. The van der Waals surface area contributed by atoms with Crippen LogP contribution in [0.3, 0.4) is 0 Å². The van der Waals surface area contributed by atoms with Crippen LogP contribution in [0.25, 0.3) is 0 Å². The van der Waals surface area contributed by atoms with Crippen LogP contribution in [0.15, 0.2) is 42.6 Å². The Hall–Kier alpha value is -2.96. The summed E-state index contributed by atoms with van der Waals surface area (Å²) in [6, 6.07) is 9.28. The second kappa shape index (κ2) is 6.47. The molecular formula is C14H13N3O4. The molecule has 0 saturated carbocycles. The minimum absolute atomic E-state index is 0.120. The van der Waals surface area contributed by atoms with E-state index in [9.17, 15) is 14.9 Å². The number of rotatable bonds is 6. The number of carboxylic acid groups (broad SMARTS) is 1. The number of nitro groups is 1. The van der Waals surface area contributed by atoms with E-state index in [0.717, 1.165) is 11.8 Å². The predicted octanol–water partition coefficient (Wildman–Crippen LogP) is 2.34. The van der Waals surface area contributed by atoms with Crippen molar-refractivity contribution in [3.8, 4) is 0 Å². The van der Waals surface area contributed by atoms with Gasteiger partial charge in [0.2, 0.25) is 0 Å². The summed E-state index contributed by atoms with van der Waals surface area (Å²) >= 11 is 0. The molecule has 7 heteroatoms. The molecule has 0 aliphatic carbocycles. The van der Waals surface area contributed by atoms with Gasteiger partial charge in [0.05, 0.1) is 10.5 Å². The van der Waals surface area contributed by atoms with Crippen LogP contribution < -0.4 is 5.32 Å². The molecule has 2 rings (SSSR count). The van der Waals surface area contributed by atoms with Gasteiger partial charge in [-0.25, -0.2) is 4.79 Å². The number of carboxylic acids is 1. The van der Waals surface area contributed by atoms with E-state index in [4.69, 9.17) is 5.11 Å². The molecule has 2 N–H and O–H groups in total. The third-order valence-corrected chi connectivity index (χ3v) is 2.87. The normalized spacial score (nSPS) is 10.1. The van der Waals surface area contributed by atoms with E-state index in [2.05, 4.69) is 10.3 Å². The summed E-state index contributed by atoms with van der Waals surface area (Å²) in [5, 5.41) is 22.7. The Kier molecular flexibility index (Phi) is 4.45. The molecule has 0 bridgehead atoms. The smallest absolute Gasteiger partial charge is 0.338 e. The van der Waals surface area contributed by atoms with Crippen LogP contribution in [0.5, 0.6) is 0 Å². The van der Waals surface area contributed by atoms with Gasteiger partial charge in [-0.2, -0.15) is 0 Å². The lowest BCUT2D eigenvalue weighted by molar-refractivity contribution is -0.384. The lowest BCUT2D eigenvalue weighted by atomic mass is 10.1. The van der Waals surface area contributed by atoms with E-state index < -0.39 is 10.9 Å². The lowest BCUT2D eigenvalue weighted by Gasteiger charge is -2.09. The van der Waals surface area contributed by atoms with Gasteiger partial charge in [0.15, 0.2) is 0 Å². The third-order valence-electron chi connectivity index (χ3n) is 2.87. The van der Waals surface area contributed by atoms with Crippen LogP contribution >= 0.6 is 0 Å². The Morgan fingerprint density at radius 3 is 2.76 bits per heavy atom. The van der Waals surface area contributed by atoms with Crippen LogP contribution in [-0.2, 0) is 6.42 Å². The first-order valence-corrected chi connectivity index (χ1v) is 6.23. The summed E-state index contributed by atoms with van der Waals surface area (Å²) < 4.78 is 0. The van der Waals surface area contributed by atoms with Crippen molar-refractivity contribution in [3.63, 3.8) is 0 Å². The lowest BCUT2D eigenvalue weighted by Crippen LogP contribution is -2.10. The highest BCUT2D eigenvalue weighted by Crippen LogP contribution is 2.22. The average molecular weight is 287 g/mol. The van der Waals surface area contributed by atoms with Crippen molar-refractivity contribution in [2.75, 3.05) is 11.9 Å². The zero-order valence-corrected chi connectivity index (χ0v) is 11.0. The molecule has 1 aromatic heterocycles. The molecule has 7 nitrogen and oxygen atoms in total. The van der Waals surface area contributed by atoms with Gasteiger partial charge in [0.1, 0.15) is 0 Å². The van der Waals surface area contributed by atoms with Gasteiger partial charge >= 0.3 is 5.97 Å². The summed E-state index contributed by atoms with van der Waals surface area (Å²) in [7, 11) is 0. The van der Waals surface area contributed by atoms with E-state index >= 15 is 0 Å². The molecule has 0 fully saturated rings. The van der Waals surface area contributed by atoms with Crippen molar-refractivity contribution in [1.29, 1.82) is 0 Å². The maximum atomic E-state index is 11.2. The molecule has 0 spiro atoms. The number of nitrogens with zero attached hydrogens (tertiary/aromatic N) is 2. The maximum absolute atomic E-state index is 11.2.